The number of hydrogen-bond acceptors (Lipinski definition) is 5. The fourth-order valence-corrected chi connectivity index (χ4v) is 4.73. The van der Waals surface area contributed by atoms with E-state index in [-0.39, 0.29) is 10.8 Å². The molecule has 1 amide bonds. The third kappa shape index (κ3) is 4.23. The number of amides is 1. The number of carbonyl (C=O) groups excluding carboxylic acids is 1. The molecular weight excluding hydrogens is 474 g/mol. The maximum Gasteiger partial charge on any atom is 0.256 e. The lowest BCUT2D eigenvalue weighted by molar-refractivity contribution is 0.102. The second kappa shape index (κ2) is 7.68. The lowest BCUT2D eigenvalue weighted by atomic mass is 10.1. The number of pyridine rings is 1. The van der Waals surface area contributed by atoms with Crippen molar-refractivity contribution in [2.45, 2.75) is 4.90 Å². The van der Waals surface area contributed by atoms with Gasteiger partial charge in [0.15, 0.2) is 0 Å². The Morgan fingerprint density at radius 1 is 1.03 bits per heavy atom. The van der Waals surface area contributed by atoms with Crippen LogP contribution in [0.15, 0.2) is 75.4 Å². The average Bonchev–Trinajstić information content (AvgIpc) is 3.13. The van der Waals surface area contributed by atoms with Gasteiger partial charge in [0, 0.05) is 11.1 Å². The van der Waals surface area contributed by atoms with E-state index in [9.17, 15) is 13.2 Å². The first-order valence-electron chi connectivity index (χ1n) is 8.41. The number of sulfonamides is 1. The molecule has 6 nitrogen and oxygen atoms in total. The Morgan fingerprint density at radius 3 is 2.41 bits per heavy atom. The van der Waals surface area contributed by atoms with Crippen molar-refractivity contribution >= 4 is 59.8 Å². The molecule has 0 spiro atoms. The number of nitrogens with zero attached hydrogens (tertiary/aromatic N) is 1. The average molecular weight is 488 g/mol. The zero-order valence-corrected chi connectivity index (χ0v) is 18.0. The standard InChI is InChI=1S/C20H14BrN3O3S2/c21-19-10-9-18(28-19)17-11-15(14-3-1-2-4-16(14)24-17)20(25)23-12-5-7-13(8-6-12)29(22,26)27/h1-11H,(H,23,25)(H2,22,26,27). The molecule has 0 aliphatic heterocycles. The van der Waals surface area contributed by atoms with Crippen LogP contribution in [0.1, 0.15) is 10.4 Å². The van der Waals surface area contributed by atoms with Gasteiger partial charge in [-0.1, -0.05) is 18.2 Å². The van der Waals surface area contributed by atoms with E-state index in [0.29, 0.717) is 22.5 Å². The molecule has 2 aromatic heterocycles. The summed E-state index contributed by atoms with van der Waals surface area (Å²) in [6.45, 7) is 0. The number of fused-ring (bicyclic) bond motifs is 1. The van der Waals surface area contributed by atoms with Gasteiger partial charge in [-0.25, -0.2) is 18.5 Å². The third-order valence-electron chi connectivity index (χ3n) is 4.23. The number of nitrogens with one attached hydrogen (secondary N) is 1. The van der Waals surface area contributed by atoms with Gasteiger partial charge < -0.3 is 5.32 Å². The van der Waals surface area contributed by atoms with Gasteiger partial charge in [-0.3, -0.25) is 4.79 Å². The number of benzene rings is 2. The molecule has 0 radical (unpaired) electrons. The van der Waals surface area contributed by atoms with E-state index in [1.807, 2.05) is 36.4 Å². The van der Waals surface area contributed by atoms with E-state index < -0.39 is 10.0 Å². The summed E-state index contributed by atoms with van der Waals surface area (Å²) in [5, 5.41) is 8.64. The van der Waals surface area contributed by atoms with E-state index in [2.05, 4.69) is 26.2 Å². The molecule has 0 bridgehead atoms. The van der Waals surface area contributed by atoms with Crippen LogP contribution in [0, 0.1) is 0 Å². The summed E-state index contributed by atoms with van der Waals surface area (Å²) in [4.78, 5) is 18.6. The van der Waals surface area contributed by atoms with Crippen LogP contribution in [0.4, 0.5) is 5.69 Å². The Hall–Kier alpha value is -2.59. The summed E-state index contributed by atoms with van der Waals surface area (Å²) >= 11 is 4.98. The molecule has 29 heavy (non-hydrogen) atoms. The highest BCUT2D eigenvalue weighted by molar-refractivity contribution is 9.11. The molecule has 0 atom stereocenters. The van der Waals surface area contributed by atoms with Crippen molar-refractivity contribution in [1.29, 1.82) is 0 Å². The molecule has 4 rings (SSSR count). The van der Waals surface area contributed by atoms with E-state index in [4.69, 9.17) is 5.14 Å². The normalized spacial score (nSPS) is 11.5. The van der Waals surface area contributed by atoms with Gasteiger partial charge in [-0.15, -0.1) is 11.3 Å². The maximum absolute atomic E-state index is 13.0. The minimum atomic E-state index is -3.79. The first-order chi connectivity index (χ1) is 13.8. The molecule has 2 heterocycles. The summed E-state index contributed by atoms with van der Waals surface area (Å²) < 4.78 is 23.8. The highest BCUT2D eigenvalue weighted by Crippen LogP contribution is 2.32. The van der Waals surface area contributed by atoms with Crippen LogP contribution >= 0.6 is 27.3 Å². The van der Waals surface area contributed by atoms with E-state index in [1.165, 1.54) is 35.6 Å². The van der Waals surface area contributed by atoms with E-state index in [1.54, 1.807) is 6.07 Å². The molecule has 0 aliphatic carbocycles. The van der Waals surface area contributed by atoms with Crippen LogP contribution in [0.5, 0.6) is 0 Å². The lowest BCUT2D eigenvalue weighted by Crippen LogP contribution is -2.14. The summed E-state index contributed by atoms with van der Waals surface area (Å²) in [5.74, 6) is -0.316. The summed E-state index contributed by atoms with van der Waals surface area (Å²) in [5.41, 5.74) is 2.35. The molecule has 4 aromatic rings. The van der Waals surface area contributed by atoms with Crippen molar-refractivity contribution in [2.24, 2.45) is 5.14 Å². The van der Waals surface area contributed by atoms with Gasteiger partial charge in [0.1, 0.15) is 0 Å². The molecule has 0 unspecified atom stereocenters. The van der Waals surface area contributed by atoms with Gasteiger partial charge >= 0.3 is 0 Å². The predicted octanol–water partition coefficient (Wildman–Crippen LogP) is 4.63. The highest BCUT2D eigenvalue weighted by atomic mass is 79.9. The fraction of sp³-hybridized carbons (Fsp3) is 0. The second-order valence-corrected chi connectivity index (χ2v) is 10.2. The van der Waals surface area contributed by atoms with E-state index >= 15 is 0 Å². The third-order valence-corrected chi connectivity index (χ3v) is 6.80. The van der Waals surface area contributed by atoms with Gasteiger partial charge in [-0.05, 0) is 64.5 Å². The number of hydrogen-bond donors (Lipinski definition) is 2. The van der Waals surface area contributed by atoms with Crippen LogP contribution in [-0.2, 0) is 10.0 Å². The number of nitrogens with two attached hydrogens (primary N) is 1. The number of anilines is 1. The number of halogens is 1. The highest BCUT2D eigenvalue weighted by Gasteiger charge is 2.15. The first kappa shape index (κ1) is 19.7. The Morgan fingerprint density at radius 2 is 1.76 bits per heavy atom. The second-order valence-electron chi connectivity index (χ2n) is 6.20. The van der Waals surface area contributed by atoms with Crippen molar-refractivity contribution in [3.8, 4) is 10.6 Å². The van der Waals surface area contributed by atoms with Crippen LogP contribution in [0.2, 0.25) is 0 Å². The molecule has 0 fully saturated rings. The van der Waals surface area contributed by atoms with Crippen LogP contribution in [-0.4, -0.2) is 19.3 Å². The molecule has 9 heteroatoms. The van der Waals surface area contributed by atoms with Gasteiger partial charge in [-0.2, -0.15) is 0 Å². The number of aromatic nitrogens is 1. The van der Waals surface area contributed by atoms with Crippen LogP contribution < -0.4 is 10.5 Å². The number of carbonyl (C=O) groups is 1. The minimum absolute atomic E-state index is 0.0181. The number of rotatable bonds is 4. The predicted molar refractivity (Wildman–Crippen MR) is 119 cm³/mol. The molecule has 0 saturated carbocycles. The SMILES string of the molecule is NS(=O)(=O)c1ccc(NC(=O)c2cc(-c3ccc(Br)s3)nc3ccccc23)cc1. The Bertz CT molecular complexity index is 1330. The van der Waals surface area contributed by atoms with Crippen LogP contribution in [0.25, 0.3) is 21.5 Å². The number of thiophene rings is 1. The molecule has 0 aliphatic rings. The monoisotopic (exact) mass is 487 g/mol. The Balaban J connectivity index is 1.73. The van der Waals surface area contributed by atoms with E-state index in [0.717, 1.165) is 14.0 Å². The molecule has 0 saturated heterocycles. The summed E-state index contributed by atoms with van der Waals surface area (Å²) in [6, 6.07) is 18.8. The largest absolute Gasteiger partial charge is 0.322 e. The summed E-state index contributed by atoms with van der Waals surface area (Å²) in [6.07, 6.45) is 0. The van der Waals surface area contributed by atoms with Gasteiger partial charge in [0.2, 0.25) is 10.0 Å². The first-order valence-corrected chi connectivity index (χ1v) is 11.6. The van der Waals surface area contributed by atoms with Crippen molar-refractivity contribution in [1.82, 2.24) is 4.98 Å². The van der Waals surface area contributed by atoms with Crippen LogP contribution in [0.3, 0.4) is 0 Å². The molecular formula is C20H14BrN3O3S2. The smallest absolute Gasteiger partial charge is 0.256 e. The van der Waals surface area contributed by atoms with Crippen molar-refractivity contribution in [3.63, 3.8) is 0 Å². The maximum atomic E-state index is 13.0. The fourth-order valence-electron chi connectivity index (χ4n) is 2.87. The molecule has 3 N–H and O–H groups in total. The zero-order valence-electron chi connectivity index (χ0n) is 14.8. The number of para-hydroxylation sites is 1. The molecule has 146 valence electrons. The quantitative estimate of drug-likeness (QED) is 0.438. The van der Waals surface area contributed by atoms with Crippen molar-refractivity contribution in [2.75, 3.05) is 5.32 Å². The van der Waals surface area contributed by atoms with Gasteiger partial charge in [0.05, 0.1) is 30.3 Å². The van der Waals surface area contributed by atoms with Crippen molar-refractivity contribution < 1.29 is 13.2 Å². The number of primary sulfonamides is 1. The zero-order chi connectivity index (χ0) is 20.6. The Labute approximate surface area is 179 Å². The van der Waals surface area contributed by atoms with Crippen molar-refractivity contribution in [3.05, 3.63) is 76.1 Å². The minimum Gasteiger partial charge on any atom is -0.322 e. The lowest BCUT2D eigenvalue weighted by Gasteiger charge is -2.10. The summed E-state index contributed by atoms with van der Waals surface area (Å²) in [7, 11) is -3.79. The Kier molecular flexibility index (Phi) is 5.22. The topological polar surface area (TPSA) is 102 Å². The molecule has 2 aromatic carbocycles. The van der Waals surface area contributed by atoms with Gasteiger partial charge in [0.25, 0.3) is 5.91 Å².